The molecule has 2 aromatic carbocycles. The van der Waals surface area contributed by atoms with E-state index < -0.39 is 11.8 Å². The van der Waals surface area contributed by atoms with E-state index in [1.165, 1.54) is 12.1 Å². The van der Waals surface area contributed by atoms with Crippen molar-refractivity contribution in [3.05, 3.63) is 51.8 Å². The molecule has 3 rings (SSSR count). The van der Waals surface area contributed by atoms with Crippen molar-refractivity contribution >= 4 is 29.2 Å². The molecule has 108 valence electrons. The fourth-order valence-electron chi connectivity index (χ4n) is 1.78. The summed E-state index contributed by atoms with van der Waals surface area (Å²) in [5, 5.41) is -0.160. The zero-order valence-corrected chi connectivity index (χ0v) is 11.9. The van der Waals surface area contributed by atoms with Gasteiger partial charge in [-0.15, -0.1) is 0 Å². The summed E-state index contributed by atoms with van der Waals surface area (Å²) in [6.07, 6.45) is 0. The molecular weight excluding hydrogens is 322 g/mol. The predicted molar refractivity (Wildman–Crippen MR) is 73.9 cm³/mol. The highest BCUT2D eigenvalue weighted by Gasteiger charge is 2.19. The third-order valence-electron chi connectivity index (χ3n) is 2.78. The van der Waals surface area contributed by atoms with Crippen LogP contribution < -0.4 is 14.2 Å². The number of halogens is 3. The van der Waals surface area contributed by atoms with Gasteiger partial charge < -0.3 is 14.2 Å². The average molecular weight is 329 g/mol. The molecule has 1 heterocycles. The van der Waals surface area contributed by atoms with Gasteiger partial charge in [0.1, 0.15) is 11.6 Å². The van der Waals surface area contributed by atoms with Crippen LogP contribution in [-0.2, 0) is 0 Å². The van der Waals surface area contributed by atoms with Crippen LogP contribution in [-0.4, -0.2) is 12.8 Å². The van der Waals surface area contributed by atoms with Crippen LogP contribution in [0.2, 0.25) is 10.0 Å². The third kappa shape index (κ3) is 2.75. The summed E-state index contributed by atoms with van der Waals surface area (Å²) in [6, 6.07) is 6.72. The fraction of sp³-hybridized carbons (Fsp3) is 0.0714. The molecule has 1 aliphatic rings. The largest absolute Gasteiger partial charge is 0.454 e. The SMILES string of the molecule is O=C(Oc1ccc2c(c1)OCO2)c1cc(F)c(Cl)cc1Cl. The molecule has 0 spiro atoms. The van der Waals surface area contributed by atoms with E-state index in [9.17, 15) is 9.18 Å². The first-order valence-electron chi connectivity index (χ1n) is 5.81. The van der Waals surface area contributed by atoms with Gasteiger partial charge in [-0.25, -0.2) is 9.18 Å². The number of fused-ring (bicyclic) bond motifs is 1. The minimum absolute atomic E-state index is 0.00661. The summed E-state index contributed by atoms with van der Waals surface area (Å²) in [5.74, 6) is -0.289. The summed E-state index contributed by atoms with van der Waals surface area (Å²) in [6.45, 7) is 0.112. The number of carbonyl (C=O) groups excluding carboxylic acids is 1. The Balaban J connectivity index is 1.85. The normalized spacial score (nSPS) is 12.3. The highest BCUT2D eigenvalue weighted by atomic mass is 35.5. The van der Waals surface area contributed by atoms with Gasteiger partial charge in [-0.3, -0.25) is 0 Å². The minimum atomic E-state index is -0.797. The first-order chi connectivity index (χ1) is 10.0. The van der Waals surface area contributed by atoms with E-state index >= 15 is 0 Å². The highest BCUT2D eigenvalue weighted by molar-refractivity contribution is 6.36. The lowest BCUT2D eigenvalue weighted by Crippen LogP contribution is -2.09. The van der Waals surface area contributed by atoms with Crippen LogP contribution in [0, 0.1) is 5.82 Å². The molecule has 0 fully saturated rings. The van der Waals surface area contributed by atoms with Crippen molar-refractivity contribution in [1.29, 1.82) is 0 Å². The van der Waals surface area contributed by atoms with E-state index in [-0.39, 0.29) is 28.2 Å². The molecule has 4 nitrogen and oxygen atoms in total. The molecule has 0 amide bonds. The zero-order valence-electron chi connectivity index (χ0n) is 10.4. The predicted octanol–water partition coefficient (Wildman–Crippen LogP) is 4.08. The maximum atomic E-state index is 13.4. The van der Waals surface area contributed by atoms with Crippen molar-refractivity contribution in [3.8, 4) is 17.2 Å². The molecule has 0 saturated carbocycles. The Bertz CT molecular complexity index is 733. The average Bonchev–Trinajstić information content (AvgIpc) is 2.90. The molecule has 0 N–H and O–H groups in total. The van der Waals surface area contributed by atoms with Crippen LogP contribution >= 0.6 is 23.2 Å². The van der Waals surface area contributed by atoms with E-state index in [1.807, 2.05) is 0 Å². The Kier molecular flexibility index (Phi) is 3.61. The quantitative estimate of drug-likeness (QED) is 0.473. The monoisotopic (exact) mass is 328 g/mol. The molecule has 0 radical (unpaired) electrons. The maximum absolute atomic E-state index is 13.4. The molecule has 0 saturated heterocycles. The Morgan fingerprint density at radius 1 is 1.10 bits per heavy atom. The zero-order chi connectivity index (χ0) is 15.0. The van der Waals surface area contributed by atoms with E-state index in [0.29, 0.717) is 11.5 Å². The third-order valence-corrected chi connectivity index (χ3v) is 3.39. The number of hydrogen-bond donors (Lipinski definition) is 0. The maximum Gasteiger partial charge on any atom is 0.345 e. The Morgan fingerprint density at radius 2 is 1.86 bits per heavy atom. The van der Waals surface area contributed by atoms with E-state index in [1.54, 1.807) is 6.07 Å². The van der Waals surface area contributed by atoms with Crippen molar-refractivity contribution in [2.24, 2.45) is 0 Å². The molecule has 0 unspecified atom stereocenters. The van der Waals surface area contributed by atoms with E-state index in [0.717, 1.165) is 12.1 Å². The Morgan fingerprint density at radius 3 is 2.67 bits per heavy atom. The van der Waals surface area contributed by atoms with Crippen molar-refractivity contribution in [2.45, 2.75) is 0 Å². The van der Waals surface area contributed by atoms with Crippen LogP contribution in [0.15, 0.2) is 30.3 Å². The molecule has 21 heavy (non-hydrogen) atoms. The molecular formula is C14H7Cl2FO4. The van der Waals surface area contributed by atoms with Gasteiger partial charge >= 0.3 is 5.97 Å². The van der Waals surface area contributed by atoms with Gasteiger partial charge in [-0.1, -0.05) is 23.2 Å². The number of hydrogen-bond acceptors (Lipinski definition) is 4. The standard InChI is InChI=1S/C14H7Cl2FO4/c15-9-5-10(16)11(17)4-8(9)14(18)21-7-1-2-12-13(3-7)20-6-19-12/h1-5H,6H2. The highest BCUT2D eigenvalue weighted by Crippen LogP contribution is 2.35. The summed E-state index contributed by atoms with van der Waals surface area (Å²) in [4.78, 5) is 12.0. The van der Waals surface area contributed by atoms with Crippen LogP contribution in [0.5, 0.6) is 17.2 Å². The van der Waals surface area contributed by atoms with Gasteiger partial charge in [0, 0.05) is 6.07 Å². The van der Waals surface area contributed by atoms with Gasteiger partial charge in [-0.2, -0.15) is 0 Å². The molecule has 0 aliphatic carbocycles. The van der Waals surface area contributed by atoms with Crippen LogP contribution in [0.4, 0.5) is 4.39 Å². The summed E-state index contributed by atoms with van der Waals surface area (Å²) in [5.41, 5.74) is -0.115. The van der Waals surface area contributed by atoms with Crippen molar-refractivity contribution in [2.75, 3.05) is 6.79 Å². The van der Waals surface area contributed by atoms with Crippen molar-refractivity contribution in [1.82, 2.24) is 0 Å². The van der Waals surface area contributed by atoms with Crippen molar-refractivity contribution in [3.63, 3.8) is 0 Å². The first-order valence-corrected chi connectivity index (χ1v) is 6.56. The molecule has 7 heteroatoms. The molecule has 0 aromatic heterocycles. The number of benzene rings is 2. The number of esters is 1. The smallest absolute Gasteiger partial charge is 0.345 e. The van der Waals surface area contributed by atoms with Gasteiger partial charge in [0.25, 0.3) is 0 Å². The van der Waals surface area contributed by atoms with Crippen LogP contribution in [0.3, 0.4) is 0 Å². The number of rotatable bonds is 2. The van der Waals surface area contributed by atoms with E-state index in [4.69, 9.17) is 37.4 Å². The second kappa shape index (κ2) is 5.42. The first kappa shape index (κ1) is 14.0. The van der Waals surface area contributed by atoms with Gasteiger partial charge in [0.15, 0.2) is 11.5 Å². The number of ether oxygens (including phenoxy) is 3. The summed E-state index contributed by atoms with van der Waals surface area (Å²) >= 11 is 11.4. The lowest BCUT2D eigenvalue weighted by atomic mass is 10.2. The Hall–Kier alpha value is -1.98. The lowest BCUT2D eigenvalue weighted by molar-refractivity contribution is 0.0734. The van der Waals surface area contributed by atoms with Crippen LogP contribution in [0.1, 0.15) is 10.4 Å². The van der Waals surface area contributed by atoms with E-state index in [2.05, 4.69) is 0 Å². The molecule has 2 aromatic rings. The summed E-state index contributed by atoms with van der Waals surface area (Å²) in [7, 11) is 0. The fourth-order valence-corrected chi connectivity index (χ4v) is 2.24. The second-order valence-electron chi connectivity index (χ2n) is 4.15. The van der Waals surface area contributed by atoms with Gasteiger partial charge in [0.05, 0.1) is 15.6 Å². The summed E-state index contributed by atoms with van der Waals surface area (Å²) < 4.78 is 28.8. The van der Waals surface area contributed by atoms with Gasteiger partial charge in [0.2, 0.25) is 6.79 Å². The van der Waals surface area contributed by atoms with Crippen LogP contribution in [0.25, 0.3) is 0 Å². The minimum Gasteiger partial charge on any atom is -0.454 e. The van der Waals surface area contributed by atoms with Crippen molar-refractivity contribution < 1.29 is 23.4 Å². The second-order valence-corrected chi connectivity index (χ2v) is 4.97. The number of carbonyl (C=O) groups is 1. The molecule has 1 aliphatic heterocycles. The topological polar surface area (TPSA) is 44.8 Å². The molecule has 0 atom stereocenters. The Labute approximate surface area is 128 Å². The van der Waals surface area contributed by atoms with Gasteiger partial charge in [-0.05, 0) is 24.3 Å². The molecule has 0 bridgehead atoms. The lowest BCUT2D eigenvalue weighted by Gasteiger charge is -2.07.